The molecular weight excluding hydrogens is 243 g/mol. The molecule has 0 aliphatic heterocycles. The Morgan fingerprint density at radius 1 is 1.26 bits per heavy atom. The Balaban J connectivity index is 2.73. The van der Waals surface area contributed by atoms with Gasteiger partial charge in [0.15, 0.2) is 0 Å². The summed E-state index contributed by atoms with van der Waals surface area (Å²) in [5.74, 6) is 1.15. The number of hydrogen-bond acceptors (Lipinski definition) is 3. The van der Waals surface area contributed by atoms with Crippen molar-refractivity contribution in [3.8, 4) is 5.88 Å². The lowest BCUT2D eigenvalue weighted by Crippen LogP contribution is -2.23. The summed E-state index contributed by atoms with van der Waals surface area (Å²) in [6.45, 7) is 11.9. The van der Waals surface area contributed by atoms with Gasteiger partial charge in [0.2, 0.25) is 5.88 Å². The molecule has 0 spiro atoms. The lowest BCUT2D eigenvalue weighted by atomic mass is 10.1. The van der Waals surface area contributed by atoms with Crippen molar-refractivity contribution < 1.29 is 9.13 Å². The standard InChI is InChI=1S/C15H25FN2O/c1-10(2)7-17-8-13-6-14(16)9-18-15(13)19-12(5)11(3)4/h6,9-12,17H,7-8H2,1-5H3. The molecule has 0 bridgehead atoms. The van der Waals surface area contributed by atoms with Crippen molar-refractivity contribution in [1.82, 2.24) is 10.3 Å². The zero-order valence-corrected chi connectivity index (χ0v) is 12.5. The second-order valence-electron chi connectivity index (χ2n) is 5.71. The summed E-state index contributed by atoms with van der Waals surface area (Å²) in [4.78, 5) is 4.06. The van der Waals surface area contributed by atoms with Crippen molar-refractivity contribution in [3.63, 3.8) is 0 Å². The molecule has 1 heterocycles. The van der Waals surface area contributed by atoms with Gasteiger partial charge in [-0.25, -0.2) is 9.37 Å². The molecule has 0 saturated carbocycles. The minimum Gasteiger partial charge on any atom is -0.474 e. The van der Waals surface area contributed by atoms with Gasteiger partial charge in [0.1, 0.15) is 5.82 Å². The first-order valence-electron chi connectivity index (χ1n) is 6.92. The van der Waals surface area contributed by atoms with E-state index in [0.29, 0.717) is 24.3 Å². The summed E-state index contributed by atoms with van der Waals surface area (Å²) < 4.78 is 19.1. The maximum absolute atomic E-state index is 13.3. The molecule has 0 fully saturated rings. The van der Waals surface area contributed by atoms with Crippen LogP contribution in [0, 0.1) is 17.7 Å². The third kappa shape index (κ3) is 5.55. The number of ether oxygens (including phenoxy) is 1. The van der Waals surface area contributed by atoms with E-state index < -0.39 is 0 Å². The monoisotopic (exact) mass is 268 g/mol. The summed E-state index contributed by atoms with van der Waals surface area (Å²) in [7, 11) is 0. The van der Waals surface area contributed by atoms with Crippen LogP contribution >= 0.6 is 0 Å². The quantitative estimate of drug-likeness (QED) is 0.823. The highest BCUT2D eigenvalue weighted by Crippen LogP contribution is 2.19. The van der Waals surface area contributed by atoms with Crippen LogP contribution in [-0.2, 0) is 6.54 Å². The van der Waals surface area contributed by atoms with Gasteiger partial charge in [-0.3, -0.25) is 0 Å². The van der Waals surface area contributed by atoms with Gasteiger partial charge in [-0.1, -0.05) is 27.7 Å². The summed E-state index contributed by atoms with van der Waals surface area (Å²) in [5, 5.41) is 3.28. The predicted octanol–water partition coefficient (Wildman–Crippen LogP) is 3.39. The van der Waals surface area contributed by atoms with E-state index in [4.69, 9.17) is 4.74 Å². The number of rotatable bonds is 7. The van der Waals surface area contributed by atoms with Crippen LogP contribution in [0.5, 0.6) is 5.88 Å². The number of aromatic nitrogens is 1. The molecule has 0 aromatic carbocycles. The zero-order chi connectivity index (χ0) is 14.4. The van der Waals surface area contributed by atoms with E-state index in [1.54, 1.807) is 0 Å². The van der Waals surface area contributed by atoms with Crippen LogP contribution in [0.3, 0.4) is 0 Å². The van der Waals surface area contributed by atoms with Gasteiger partial charge in [0, 0.05) is 12.1 Å². The van der Waals surface area contributed by atoms with Gasteiger partial charge >= 0.3 is 0 Å². The molecule has 1 aromatic rings. The largest absolute Gasteiger partial charge is 0.474 e. The zero-order valence-electron chi connectivity index (χ0n) is 12.5. The summed E-state index contributed by atoms with van der Waals surface area (Å²) >= 11 is 0. The fourth-order valence-electron chi connectivity index (χ4n) is 1.51. The normalized spacial score (nSPS) is 13.1. The molecule has 1 N–H and O–H groups in total. The van der Waals surface area contributed by atoms with Gasteiger partial charge in [0.05, 0.1) is 12.3 Å². The fourth-order valence-corrected chi connectivity index (χ4v) is 1.51. The molecule has 0 saturated heterocycles. The Hall–Kier alpha value is -1.16. The number of nitrogens with zero attached hydrogens (tertiary/aromatic N) is 1. The van der Waals surface area contributed by atoms with Crippen LogP contribution in [0.25, 0.3) is 0 Å². The first-order valence-corrected chi connectivity index (χ1v) is 6.92. The maximum Gasteiger partial charge on any atom is 0.218 e. The Bertz CT molecular complexity index is 394. The second-order valence-corrected chi connectivity index (χ2v) is 5.71. The number of pyridine rings is 1. The number of nitrogens with one attached hydrogen (secondary N) is 1. The van der Waals surface area contributed by atoms with Crippen molar-refractivity contribution in [2.24, 2.45) is 11.8 Å². The Morgan fingerprint density at radius 3 is 2.53 bits per heavy atom. The van der Waals surface area contributed by atoms with Gasteiger partial charge < -0.3 is 10.1 Å². The number of halogens is 1. The maximum atomic E-state index is 13.3. The van der Waals surface area contributed by atoms with Gasteiger partial charge in [0.25, 0.3) is 0 Å². The molecule has 0 aliphatic rings. The smallest absolute Gasteiger partial charge is 0.218 e. The van der Waals surface area contributed by atoms with E-state index in [1.807, 2.05) is 6.92 Å². The molecule has 1 atom stereocenters. The van der Waals surface area contributed by atoms with Crippen molar-refractivity contribution >= 4 is 0 Å². The summed E-state index contributed by atoms with van der Waals surface area (Å²) in [6, 6.07) is 1.49. The molecule has 4 heteroatoms. The van der Waals surface area contributed by atoms with Crippen molar-refractivity contribution in [2.75, 3.05) is 6.54 Å². The molecular formula is C15H25FN2O. The highest BCUT2D eigenvalue weighted by Gasteiger charge is 2.13. The highest BCUT2D eigenvalue weighted by molar-refractivity contribution is 5.26. The SMILES string of the molecule is CC(C)CNCc1cc(F)cnc1OC(C)C(C)C. The minimum absolute atomic E-state index is 0.0572. The van der Waals surface area contributed by atoms with E-state index in [-0.39, 0.29) is 11.9 Å². The molecule has 0 radical (unpaired) electrons. The molecule has 0 amide bonds. The van der Waals surface area contributed by atoms with Crippen LogP contribution < -0.4 is 10.1 Å². The molecule has 19 heavy (non-hydrogen) atoms. The van der Waals surface area contributed by atoms with Crippen molar-refractivity contribution in [1.29, 1.82) is 0 Å². The van der Waals surface area contributed by atoms with Crippen molar-refractivity contribution in [3.05, 3.63) is 23.6 Å². The van der Waals surface area contributed by atoms with Gasteiger partial charge in [-0.05, 0) is 31.4 Å². The Kier molecular flexibility index (Phi) is 6.22. The molecule has 0 aliphatic carbocycles. The van der Waals surface area contributed by atoms with E-state index in [0.717, 1.165) is 12.1 Å². The van der Waals surface area contributed by atoms with Crippen LogP contribution in [-0.4, -0.2) is 17.6 Å². The average Bonchev–Trinajstić information content (AvgIpc) is 2.31. The molecule has 1 rings (SSSR count). The van der Waals surface area contributed by atoms with E-state index >= 15 is 0 Å². The van der Waals surface area contributed by atoms with Gasteiger partial charge in [-0.2, -0.15) is 0 Å². The fraction of sp³-hybridized carbons (Fsp3) is 0.667. The predicted molar refractivity (Wildman–Crippen MR) is 75.7 cm³/mol. The average molecular weight is 268 g/mol. The third-order valence-electron chi connectivity index (χ3n) is 3.00. The van der Waals surface area contributed by atoms with Crippen LogP contribution in [0.2, 0.25) is 0 Å². The number of hydrogen-bond donors (Lipinski definition) is 1. The topological polar surface area (TPSA) is 34.2 Å². The molecule has 1 unspecified atom stereocenters. The molecule has 108 valence electrons. The minimum atomic E-state index is -0.328. The molecule has 1 aromatic heterocycles. The Labute approximate surface area is 115 Å². The summed E-state index contributed by atoms with van der Waals surface area (Å²) in [5.41, 5.74) is 0.771. The van der Waals surface area contributed by atoms with Gasteiger partial charge in [-0.15, -0.1) is 0 Å². The van der Waals surface area contributed by atoms with Crippen LogP contribution in [0.1, 0.15) is 40.2 Å². The van der Waals surface area contributed by atoms with Crippen molar-refractivity contribution in [2.45, 2.75) is 47.3 Å². The molecule has 3 nitrogen and oxygen atoms in total. The van der Waals surface area contributed by atoms with E-state index in [1.165, 1.54) is 12.3 Å². The first kappa shape index (κ1) is 15.9. The van der Waals surface area contributed by atoms with Crippen LogP contribution in [0.15, 0.2) is 12.3 Å². The highest BCUT2D eigenvalue weighted by atomic mass is 19.1. The third-order valence-corrected chi connectivity index (χ3v) is 3.00. The Morgan fingerprint density at radius 2 is 1.95 bits per heavy atom. The lowest BCUT2D eigenvalue weighted by molar-refractivity contribution is 0.161. The lowest BCUT2D eigenvalue weighted by Gasteiger charge is -2.19. The van der Waals surface area contributed by atoms with Crippen LogP contribution in [0.4, 0.5) is 4.39 Å². The summed E-state index contributed by atoms with van der Waals surface area (Å²) in [6.07, 6.45) is 1.26. The first-order chi connectivity index (χ1) is 8.90. The van der Waals surface area contributed by atoms with E-state index in [9.17, 15) is 4.39 Å². The van der Waals surface area contributed by atoms with E-state index in [2.05, 4.69) is 38.0 Å². The second kappa shape index (κ2) is 7.43.